The Bertz CT molecular complexity index is 291. The number of nitrogens with one attached hydrogen (secondary N) is 1. The molecule has 2 fully saturated rings. The predicted octanol–water partition coefficient (Wildman–Crippen LogP) is 1.81. The smallest absolute Gasteiger partial charge is 0.407 e. The summed E-state index contributed by atoms with van der Waals surface area (Å²) < 4.78 is 5.21. The number of alkyl carbamates (subject to hydrolysis) is 1. The van der Waals surface area contributed by atoms with Gasteiger partial charge in [0.05, 0.1) is 6.10 Å². The summed E-state index contributed by atoms with van der Waals surface area (Å²) in [6.07, 6.45) is 3.27. The van der Waals surface area contributed by atoms with Crippen molar-refractivity contribution in [1.29, 1.82) is 0 Å². The lowest BCUT2D eigenvalue weighted by molar-refractivity contribution is -0.143. The molecule has 1 spiro atoms. The first-order valence-corrected chi connectivity index (χ1v) is 6.01. The summed E-state index contributed by atoms with van der Waals surface area (Å²) in [5, 5.41) is 12.6. The monoisotopic (exact) mass is 227 g/mol. The molecule has 2 saturated carbocycles. The number of ether oxygens (including phenoxy) is 1. The molecule has 1 amide bonds. The average molecular weight is 227 g/mol. The number of hydrogen-bond acceptors (Lipinski definition) is 3. The second kappa shape index (κ2) is 3.62. The van der Waals surface area contributed by atoms with Crippen LogP contribution in [-0.4, -0.2) is 28.9 Å². The molecule has 0 radical (unpaired) electrons. The van der Waals surface area contributed by atoms with Crippen LogP contribution < -0.4 is 5.32 Å². The normalized spacial score (nSPS) is 31.5. The molecule has 2 aliphatic carbocycles. The summed E-state index contributed by atoms with van der Waals surface area (Å²) in [7, 11) is 0. The first-order valence-electron chi connectivity index (χ1n) is 6.01. The van der Waals surface area contributed by atoms with Gasteiger partial charge in [-0.3, -0.25) is 0 Å². The average Bonchev–Trinajstić information content (AvgIpc) is 1.95. The minimum atomic E-state index is -0.459. The molecule has 0 unspecified atom stereocenters. The zero-order valence-corrected chi connectivity index (χ0v) is 10.2. The highest BCUT2D eigenvalue weighted by Gasteiger charge is 2.58. The number of carbonyl (C=O) groups is 1. The van der Waals surface area contributed by atoms with Crippen LogP contribution in [0.2, 0.25) is 0 Å². The third kappa shape index (κ3) is 1.90. The topological polar surface area (TPSA) is 58.6 Å². The van der Waals surface area contributed by atoms with E-state index in [2.05, 4.69) is 5.32 Å². The Hall–Kier alpha value is -0.770. The second-order valence-corrected chi connectivity index (χ2v) is 6.04. The van der Waals surface area contributed by atoms with Crippen LogP contribution >= 0.6 is 0 Å². The van der Waals surface area contributed by atoms with E-state index >= 15 is 0 Å². The highest BCUT2D eigenvalue weighted by molar-refractivity contribution is 5.68. The van der Waals surface area contributed by atoms with Crippen LogP contribution in [-0.2, 0) is 4.74 Å². The van der Waals surface area contributed by atoms with Crippen molar-refractivity contribution in [3.05, 3.63) is 0 Å². The van der Waals surface area contributed by atoms with E-state index in [0.717, 1.165) is 19.3 Å². The minimum Gasteiger partial charge on any atom is -0.444 e. The molecule has 2 aliphatic rings. The van der Waals surface area contributed by atoms with Crippen LogP contribution in [0.25, 0.3) is 0 Å². The Morgan fingerprint density at radius 1 is 1.44 bits per heavy atom. The zero-order chi connectivity index (χ0) is 12.0. The SMILES string of the molecule is CC(C)(C)OC(=O)N[C@@H]1C[C@H](O)C12CCC2. The first kappa shape index (κ1) is 11.7. The molecule has 0 aromatic heterocycles. The number of aliphatic hydroxyl groups excluding tert-OH is 1. The Morgan fingerprint density at radius 3 is 2.44 bits per heavy atom. The quantitative estimate of drug-likeness (QED) is 0.718. The molecule has 16 heavy (non-hydrogen) atoms. The van der Waals surface area contributed by atoms with Gasteiger partial charge >= 0.3 is 6.09 Å². The van der Waals surface area contributed by atoms with Crippen molar-refractivity contribution < 1.29 is 14.6 Å². The Labute approximate surface area is 96.4 Å². The van der Waals surface area contributed by atoms with Gasteiger partial charge in [0.1, 0.15) is 5.60 Å². The lowest BCUT2D eigenvalue weighted by atomic mass is 9.51. The molecule has 2 atom stereocenters. The lowest BCUT2D eigenvalue weighted by Crippen LogP contribution is -2.67. The van der Waals surface area contributed by atoms with Gasteiger partial charge in [-0.15, -0.1) is 0 Å². The van der Waals surface area contributed by atoms with Crippen LogP contribution in [0.5, 0.6) is 0 Å². The molecule has 2 rings (SSSR count). The van der Waals surface area contributed by atoms with Crippen molar-refractivity contribution in [2.24, 2.45) is 5.41 Å². The van der Waals surface area contributed by atoms with Gasteiger partial charge in [-0.2, -0.15) is 0 Å². The molecular weight excluding hydrogens is 206 g/mol. The van der Waals surface area contributed by atoms with Crippen molar-refractivity contribution >= 4 is 6.09 Å². The maximum Gasteiger partial charge on any atom is 0.407 e. The van der Waals surface area contributed by atoms with Crippen LogP contribution in [0.3, 0.4) is 0 Å². The number of carbonyl (C=O) groups excluding carboxylic acids is 1. The largest absolute Gasteiger partial charge is 0.444 e. The van der Waals surface area contributed by atoms with Crippen molar-refractivity contribution in [3.63, 3.8) is 0 Å². The van der Waals surface area contributed by atoms with Crippen molar-refractivity contribution in [2.45, 2.75) is 64.2 Å². The van der Waals surface area contributed by atoms with Crippen LogP contribution in [0.4, 0.5) is 4.79 Å². The van der Waals surface area contributed by atoms with Gasteiger partial charge < -0.3 is 15.2 Å². The summed E-state index contributed by atoms with van der Waals surface area (Å²) in [6.45, 7) is 5.55. The van der Waals surface area contributed by atoms with Gasteiger partial charge in [-0.05, 0) is 40.0 Å². The fraction of sp³-hybridized carbons (Fsp3) is 0.917. The molecule has 0 saturated heterocycles. The number of hydrogen-bond donors (Lipinski definition) is 2. The highest BCUT2D eigenvalue weighted by Crippen LogP contribution is 2.55. The number of aliphatic hydroxyl groups is 1. The van der Waals surface area contributed by atoms with Crippen LogP contribution in [0, 0.1) is 5.41 Å². The van der Waals surface area contributed by atoms with Gasteiger partial charge in [0, 0.05) is 11.5 Å². The van der Waals surface area contributed by atoms with E-state index in [1.54, 1.807) is 0 Å². The second-order valence-electron chi connectivity index (χ2n) is 6.04. The van der Waals surface area contributed by atoms with E-state index in [9.17, 15) is 9.90 Å². The molecule has 4 nitrogen and oxygen atoms in total. The van der Waals surface area contributed by atoms with Gasteiger partial charge in [0.25, 0.3) is 0 Å². The highest BCUT2D eigenvalue weighted by atomic mass is 16.6. The van der Waals surface area contributed by atoms with E-state index in [1.165, 1.54) is 0 Å². The number of amides is 1. The summed E-state index contributed by atoms with van der Waals surface area (Å²) >= 11 is 0. The Kier molecular flexibility index (Phi) is 2.65. The summed E-state index contributed by atoms with van der Waals surface area (Å²) in [6, 6.07) is 0.103. The minimum absolute atomic E-state index is 0.0308. The fourth-order valence-corrected chi connectivity index (χ4v) is 2.68. The fourth-order valence-electron chi connectivity index (χ4n) is 2.68. The molecule has 0 aromatic rings. The van der Waals surface area contributed by atoms with Crippen molar-refractivity contribution in [2.75, 3.05) is 0 Å². The standard InChI is InChI=1S/C12H21NO3/c1-11(2,3)16-10(15)13-8-7-9(14)12(8)5-4-6-12/h8-9,14H,4-7H2,1-3H3,(H,13,15)/t8-,9+/m1/s1. The molecule has 2 N–H and O–H groups in total. The lowest BCUT2D eigenvalue weighted by Gasteiger charge is -2.59. The summed E-state index contributed by atoms with van der Waals surface area (Å²) in [5.41, 5.74) is -0.490. The van der Waals surface area contributed by atoms with Crippen LogP contribution in [0.15, 0.2) is 0 Å². The first-order chi connectivity index (χ1) is 7.33. The predicted molar refractivity (Wildman–Crippen MR) is 60.1 cm³/mol. The van der Waals surface area contributed by atoms with E-state index < -0.39 is 5.60 Å². The van der Waals surface area contributed by atoms with Crippen molar-refractivity contribution in [1.82, 2.24) is 5.32 Å². The molecule has 92 valence electrons. The van der Waals surface area contributed by atoms with E-state index in [4.69, 9.17) is 4.74 Å². The van der Waals surface area contributed by atoms with E-state index in [-0.39, 0.29) is 23.7 Å². The molecule has 0 aromatic carbocycles. The number of rotatable bonds is 1. The maximum atomic E-state index is 11.6. The zero-order valence-electron chi connectivity index (χ0n) is 10.2. The third-order valence-corrected chi connectivity index (χ3v) is 3.79. The third-order valence-electron chi connectivity index (χ3n) is 3.79. The van der Waals surface area contributed by atoms with Crippen molar-refractivity contribution in [3.8, 4) is 0 Å². The molecule has 4 heteroatoms. The molecule has 0 bridgehead atoms. The summed E-state index contributed by atoms with van der Waals surface area (Å²) in [5.74, 6) is 0. The Morgan fingerprint density at radius 2 is 2.06 bits per heavy atom. The van der Waals surface area contributed by atoms with Gasteiger partial charge in [0.2, 0.25) is 0 Å². The molecular formula is C12H21NO3. The maximum absolute atomic E-state index is 11.6. The van der Waals surface area contributed by atoms with Gasteiger partial charge in [0.15, 0.2) is 0 Å². The van der Waals surface area contributed by atoms with E-state index in [0.29, 0.717) is 6.42 Å². The van der Waals surface area contributed by atoms with Gasteiger partial charge in [-0.1, -0.05) is 6.42 Å². The van der Waals surface area contributed by atoms with E-state index in [1.807, 2.05) is 20.8 Å². The summed E-state index contributed by atoms with van der Waals surface area (Å²) in [4.78, 5) is 11.6. The van der Waals surface area contributed by atoms with Crippen LogP contribution in [0.1, 0.15) is 46.5 Å². The van der Waals surface area contributed by atoms with Gasteiger partial charge in [-0.25, -0.2) is 4.79 Å². The molecule has 0 aliphatic heterocycles. The molecule has 0 heterocycles. The Balaban J connectivity index is 1.85.